The summed E-state index contributed by atoms with van der Waals surface area (Å²) in [6.45, 7) is 17.8. The van der Waals surface area contributed by atoms with Gasteiger partial charge in [0.2, 0.25) is 0 Å². The minimum Gasteiger partial charge on any atom is -0.378 e. The molecule has 1 aromatic rings. The second-order valence-corrected chi connectivity index (χ2v) is 7.45. The van der Waals surface area contributed by atoms with Crippen LogP contribution in [0.3, 0.4) is 0 Å². The van der Waals surface area contributed by atoms with E-state index in [0.717, 1.165) is 76.3 Å². The minimum atomic E-state index is 0.282. The Hall–Kier alpha value is -1.60. The summed E-state index contributed by atoms with van der Waals surface area (Å²) in [6, 6.07) is 2.02. The van der Waals surface area contributed by atoms with Gasteiger partial charge in [-0.05, 0) is 33.1 Å². The fraction of sp³-hybridized carbons (Fsp3) is 0.800. The van der Waals surface area contributed by atoms with Crippen molar-refractivity contribution < 1.29 is 9.26 Å². The highest BCUT2D eigenvalue weighted by Gasteiger charge is 2.21. The first-order valence-corrected chi connectivity index (χ1v) is 10.3. The molecule has 27 heavy (non-hydrogen) atoms. The summed E-state index contributed by atoms with van der Waals surface area (Å²) in [7, 11) is 0. The number of aliphatic imine (C=N–C) groups is 1. The zero-order chi connectivity index (χ0) is 19.6. The van der Waals surface area contributed by atoms with Gasteiger partial charge in [0.05, 0.1) is 11.8 Å². The third-order valence-electron chi connectivity index (χ3n) is 4.87. The molecule has 0 aromatic carbocycles. The second kappa shape index (κ2) is 11.3. The summed E-state index contributed by atoms with van der Waals surface area (Å²) in [5, 5.41) is 7.55. The quantitative estimate of drug-likeness (QED) is 0.525. The molecule has 1 aliphatic rings. The number of nitrogens with zero attached hydrogens (tertiary/aromatic N) is 4. The van der Waals surface area contributed by atoms with Crippen LogP contribution in [0.1, 0.15) is 45.6 Å². The van der Waals surface area contributed by atoms with E-state index in [4.69, 9.17) is 14.3 Å². The lowest BCUT2D eigenvalue weighted by molar-refractivity contribution is 0.0266. The van der Waals surface area contributed by atoms with Gasteiger partial charge in [0, 0.05) is 58.5 Å². The maximum atomic E-state index is 5.84. The van der Waals surface area contributed by atoms with Crippen LogP contribution in [0.4, 0.5) is 0 Å². The third-order valence-corrected chi connectivity index (χ3v) is 4.87. The molecule has 1 unspecified atom stereocenters. The lowest BCUT2D eigenvalue weighted by Gasteiger charge is -2.36. The monoisotopic (exact) mass is 379 g/mol. The highest BCUT2D eigenvalue weighted by Crippen LogP contribution is 2.12. The van der Waals surface area contributed by atoms with Crippen LogP contribution in [0.5, 0.6) is 0 Å². The van der Waals surface area contributed by atoms with Gasteiger partial charge < -0.3 is 19.5 Å². The minimum absolute atomic E-state index is 0.282. The van der Waals surface area contributed by atoms with Gasteiger partial charge >= 0.3 is 0 Å². The Kier molecular flexibility index (Phi) is 9.07. The number of rotatable bonds is 9. The fourth-order valence-electron chi connectivity index (χ4n) is 3.39. The lowest BCUT2D eigenvalue weighted by Crippen LogP contribution is -2.52. The normalized spacial score (nSPS) is 17.6. The molecule has 2 rings (SSSR count). The number of hydrogen-bond donors (Lipinski definition) is 1. The van der Waals surface area contributed by atoms with E-state index >= 15 is 0 Å². The lowest BCUT2D eigenvalue weighted by atomic mass is 10.0. The Morgan fingerprint density at radius 3 is 2.59 bits per heavy atom. The van der Waals surface area contributed by atoms with Crippen LogP contribution in [0, 0.1) is 12.8 Å². The highest BCUT2D eigenvalue weighted by atomic mass is 16.5. The van der Waals surface area contributed by atoms with Crippen molar-refractivity contribution in [3.8, 4) is 0 Å². The molecule has 7 heteroatoms. The van der Waals surface area contributed by atoms with Crippen molar-refractivity contribution in [3.63, 3.8) is 0 Å². The van der Waals surface area contributed by atoms with Gasteiger partial charge in [0.15, 0.2) is 5.96 Å². The second-order valence-electron chi connectivity index (χ2n) is 7.45. The number of piperazine rings is 1. The van der Waals surface area contributed by atoms with Crippen molar-refractivity contribution in [2.24, 2.45) is 10.9 Å². The summed E-state index contributed by atoms with van der Waals surface area (Å²) in [4.78, 5) is 9.64. The van der Waals surface area contributed by atoms with Gasteiger partial charge in [-0.25, -0.2) is 0 Å². The molecule has 0 saturated carbocycles. The number of hydrogen-bond acceptors (Lipinski definition) is 5. The molecule has 1 aromatic heterocycles. The van der Waals surface area contributed by atoms with E-state index in [1.807, 2.05) is 13.0 Å². The fourth-order valence-corrected chi connectivity index (χ4v) is 3.39. The molecule has 1 saturated heterocycles. The molecule has 1 atom stereocenters. The molecular weight excluding hydrogens is 342 g/mol. The van der Waals surface area contributed by atoms with E-state index in [1.165, 1.54) is 0 Å². The molecule has 1 aliphatic heterocycles. The van der Waals surface area contributed by atoms with Crippen molar-refractivity contribution in [3.05, 3.63) is 17.5 Å². The topological polar surface area (TPSA) is 66.1 Å². The first kappa shape index (κ1) is 21.7. The van der Waals surface area contributed by atoms with Crippen LogP contribution in [0.15, 0.2) is 15.6 Å². The highest BCUT2D eigenvalue weighted by molar-refractivity contribution is 5.80. The molecule has 2 heterocycles. The maximum Gasteiger partial charge on any atom is 0.194 e. The molecule has 154 valence electrons. The van der Waals surface area contributed by atoms with E-state index in [-0.39, 0.29) is 6.10 Å². The van der Waals surface area contributed by atoms with Crippen molar-refractivity contribution in [2.45, 2.75) is 53.7 Å². The first-order valence-electron chi connectivity index (χ1n) is 10.3. The smallest absolute Gasteiger partial charge is 0.194 e. The average Bonchev–Trinajstić information content (AvgIpc) is 3.05. The van der Waals surface area contributed by atoms with E-state index in [1.54, 1.807) is 0 Å². The van der Waals surface area contributed by atoms with Crippen LogP contribution < -0.4 is 5.32 Å². The summed E-state index contributed by atoms with van der Waals surface area (Å²) < 4.78 is 11.0. The van der Waals surface area contributed by atoms with Crippen molar-refractivity contribution in [1.29, 1.82) is 0 Å². The molecule has 0 radical (unpaired) electrons. The van der Waals surface area contributed by atoms with Gasteiger partial charge in [-0.2, -0.15) is 0 Å². The maximum absolute atomic E-state index is 5.84. The summed E-state index contributed by atoms with van der Waals surface area (Å²) in [5.74, 6) is 2.41. The molecule has 0 amide bonds. The van der Waals surface area contributed by atoms with Gasteiger partial charge in [0.25, 0.3) is 0 Å². The predicted octanol–water partition coefficient (Wildman–Crippen LogP) is 2.52. The molecule has 1 N–H and O–H groups in total. The number of aromatic nitrogens is 1. The van der Waals surface area contributed by atoms with Crippen LogP contribution in [-0.2, 0) is 11.3 Å². The third kappa shape index (κ3) is 7.14. The van der Waals surface area contributed by atoms with Crippen molar-refractivity contribution in [2.75, 3.05) is 45.9 Å². The van der Waals surface area contributed by atoms with E-state index < -0.39 is 0 Å². The van der Waals surface area contributed by atoms with Crippen LogP contribution in [0.2, 0.25) is 0 Å². The van der Waals surface area contributed by atoms with Gasteiger partial charge in [0.1, 0.15) is 5.76 Å². The molecule has 7 nitrogen and oxygen atoms in total. The summed E-state index contributed by atoms with van der Waals surface area (Å²) in [5.41, 5.74) is 1.01. The summed E-state index contributed by atoms with van der Waals surface area (Å²) in [6.07, 6.45) is 1.25. The molecule has 0 aliphatic carbocycles. The molecule has 1 fully saturated rings. The van der Waals surface area contributed by atoms with Gasteiger partial charge in [-0.3, -0.25) is 9.89 Å². The van der Waals surface area contributed by atoms with Crippen LogP contribution >= 0.6 is 0 Å². The largest absolute Gasteiger partial charge is 0.378 e. The Bertz CT molecular complexity index is 564. The van der Waals surface area contributed by atoms with E-state index in [0.29, 0.717) is 5.92 Å². The summed E-state index contributed by atoms with van der Waals surface area (Å²) >= 11 is 0. The zero-order valence-corrected chi connectivity index (χ0v) is 17.7. The van der Waals surface area contributed by atoms with Crippen LogP contribution in [-0.4, -0.2) is 72.9 Å². The predicted molar refractivity (Wildman–Crippen MR) is 109 cm³/mol. The Morgan fingerprint density at radius 2 is 2.04 bits per heavy atom. The van der Waals surface area contributed by atoms with Gasteiger partial charge in [-0.15, -0.1) is 0 Å². The Labute approximate surface area is 164 Å². The SMILES string of the molecule is CCNC(=NCCC(OCC)C(C)C)N1CCN(Cc2cc(C)on2)CC1. The Morgan fingerprint density at radius 1 is 1.30 bits per heavy atom. The van der Waals surface area contributed by atoms with E-state index in [2.05, 4.69) is 48.0 Å². The number of nitrogens with one attached hydrogen (secondary N) is 1. The van der Waals surface area contributed by atoms with Crippen LogP contribution in [0.25, 0.3) is 0 Å². The number of guanidine groups is 1. The zero-order valence-electron chi connectivity index (χ0n) is 17.7. The van der Waals surface area contributed by atoms with E-state index in [9.17, 15) is 0 Å². The molecular formula is C20H37N5O2. The van der Waals surface area contributed by atoms with Crippen molar-refractivity contribution >= 4 is 5.96 Å². The Balaban J connectivity index is 1.83. The average molecular weight is 380 g/mol. The first-order chi connectivity index (χ1) is 13.0. The molecule has 0 spiro atoms. The number of aryl methyl sites for hydroxylation is 1. The molecule has 0 bridgehead atoms. The van der Waals surface area contributed by atoms with Crippen molar-refractivity contribution in [1.82, 2.24) is 20.3 Å². The number of ether oxygens (including phenoxy) is 1. The van der Waals surface area contributed by atoms with Gasteiger partial charge in [-0.1, -0.05) is 19.0 Å². The standard InChI is InChI=1S/C20H37N5O2/c1-6-21-20(22-9-8-19(16(3)4)26-7-2)25-12-10-24(11-13-25)15-18-14-17(5)27-23-18/h14,16,19H,6-13,15H2,1-5H3,(H,21,22).